The first-order chi connectivity index (χ1) is 12.3. The van der Waals surface area contributed by atoms with Gasteiger partial charge in [-0.25, -0.2) is 5.43 Å². The number of aryl methyl sites for hydroxylation is 1. The average Bonchev–Trinajstić information content (AvgIpc) is 2.58. The quantitative estimate of drug-likeness (QED) is 0.471. The van der Waals surface area contributed by atoms with Crippen molar-refractivity contribution in [2.45, 2.75) is 13.8 Å². The van der Waals surface area contributed by atoms with Gasteiger partial charge in [0.25, 0.3) is 0 Å². The van der Waals surface area contributed by atoms with Crippen LogP contribution in [0.1, 0.15) is 16.7 Å². The molecule has 0 aromatic heterocycles. The van der Waals surface area contributed by atoms with Gasteiger partial charge in [-0.15, -0.1) is 0 Å². The fourth-order valence-corrected chi connectivity index (χ4v) is 2.79. The van der Waals surface area contributed by atoms with Gasteiger partial charge >= 0.3 is 11.8 Å². The van der Waals surface area contributed by atoms with Gasteiger partial charge in [0.15, 0.2) is 5.75 Å². The Balaban J connectivity index is 2.00. The molecular weight excluding hydrogens is 377 g/mol. The summed E-state index contributed by atoms with van der Waals surface area (Å²) in [5.74, 6) is -1.36. The molecule has 2 N–H and O–H groups in total. The molecule has 0 fully saturated rings. The van der Waals surface area contributed by atoms with Gasteiger partial charge in [0.05, 0.1) is 23.4 Å². The molecule has 2 amide bonds. The van der Waals surface area contributed by atoms with Gasteiger partial charge < -0.3 is 10.1 Å². The van der Waals surface area contributed by atoms with E-state index in [1.54, 1.807) is 24.3 Å². The maximum atomic E-state index is 12.0. The lowest BCUT2D eigenvalue weighted by molar-refractivity contribution is -0.136. The minimum absolute atomic E-state index is 0.306. The zero-order chi connectivity index (χ0) is 19.3. The monoisotopic (exact) mass is 393 g/mol. The summed E-state index contributed by atoms with van der Waals surface area (Å²) < 4.78 is 5.05. The smallest absolute Gasteiger partial charge is 0.329 e. The molecule has 0 aliphatic heterocycles. The lowest BCUT2D eigenvalue weighted by Gasteiger charge is -2.09. The number of hydrogen-bond donors (Lipinski definition) is 2. The molecule has 8 heteroatoms. The van der Waals surface area contributed by atoms with E-state index in [4.69, 9.17) is 27.9 Å². The van der Waals surface area contributed by atoms with Gasteiger partial charge in [-0.3, -0.25) is 9.59 Å². The standard InChI is InChI=1S/C18H17Cl2N3O3/c1-10-5-4-6-15(11(10)2)22-17(24)18(25)23-21-9-12-7-13(19)16(26-3)14(20)8-12/h4-9H,1-3H3,(H,22,24)(H,23,25)/b21-9-. The lowest BCUT2D eigenvalue weighted by atomic mass is 10.1. The molecule has 6 nitrogen and oxygen atoms in total. The van der Waals surface area contributed by atoms with Crippen LogP contribution in [0.25, 0.3) is 0 Å². The SMILES string of the molecule is COc1c(Cl)cc(/C=N\NC(=O)C(=O)Nc2cccc(C)c2C)cc1Cl. The number of halogens is 2. The Morgan fingerprint density at radius 3 is 2.38 bits per heavy atom. The van der Waals surface area contributed by atoms with E-state index in [0.717, 1.165) is 11.1 Å². The molecule has 0 aliphatic carbocycles. The lowest BCUT2D eigenvalue weighted by Crippen LogP contribution is -2.32. The van der Waals surface area contributed by atoms with E-state index in [1.807, 2.05) is 19.9 Å². The van der Waals surface area contributed by atoms with E-state index >= 15 is 0 Å². The molecule has 0 radical (unpaired) electrons. The Morgan fingerprint density at radius 2 is 1.77 bits per heavy atom. The molecule has 0 atom stereocenters. The van der Waals surface area contributed by atoms with Crippen molar-refractivity contribution >= 4 is 46.9 Å². The topological polar surface area (TPSA) is 79.8 Å². The molecule has 0 spiro atoms. The van der Waals surface area contributed by atoms with Crippen LogP contribution in [0.2, 0.25) is 10.0 Å². The number of benzene rings is 2. The third-order valence-electron chi connectivity index (χ3n) is 3.66. The van der Waals surface area contributed by atoms with Gasteiger partial charge in [0.1, 0.15) is 0 Å². The fraction of sp³-hybridized carbons (Fsp3) is 0.167. The van der Waals surface area contributed by atoms with Crippen LogP contribution in [-0.2, 0) is 9.59 Å². The van der Waals surface area contributed by atoms with E-state index in [2.05, 4.69) is 15.8 Å². The average molecular weight is 394 g/mol. The van der Waals surface area contributed by atoms with Gasteiger partial charge in [-0.2, -0.15) is 5.10 Å². The van der Waals surface area contributed by atoms with Crippen molar-refractivity contribution in [1.82, 2.24) is 5.43 Å². The highest BCUT2D eigenvalue weighted by molar-refractivity contribution is 6.40. The zero-order valence-corrected chi connectivity index (χ0v) is 15.9. The van der Waals surface area contributed by atoms with Crippen molar-refractivity contribution in [3.05, 3.63) is 57.1 Å². The molecule has 0 aliphatic rings. The van der Waals surface area contributed by atoms with Gasteiger partial charge in [-0.1, -0.05) is 35.3 Å². The van der Waals surface area contributed by atoms with Crippen molar-refractivity contribution in [2.24, 2.45) is 5.10 Å². The summed E-state index contributed by atoms with van der Waals surface area (Å²) in [6.45, 7) is 3.78. The Kier molecular flexibility index (Phi) is 6.60. The zero-order valence-electron chi connectivity index (χ0n) is 14.4. The van der Waals surface area contributed by atoms with E-state index in [9.17, 15) is 9.59 Å². The highest BCUT2D eigenvalue weighted by Crippen LogP contribution is 2.33. The molecule has 0 heterocycles. The first-order valence-corrected chi connectivity index (χ1v) is 8.32. The molecule has 0 bridgehead atoms. The highest BCUT2D eigenvalue weighted by Gasteiger charge is 2.14. The number of hydrogen-bond acceptors (Lipinski definition) is 4. The summed E-state index contributed by atoms with van der Waals surface area (Å²) in [6, 6.07) is 8.57. The first kappa shape index (κ1) is 19.8. The van der Waals surface area contributed by atoms with Gasteiger partial charge in [0, 0.05) is 5.69 Å². The van der Waals surface area contributed by atoms with Crippen molar-refractivity contribution in [3.63, 3.8) is 0 Å². The van der Waals surface area contributed by atoms with Crippen LogP contribution in [-0.4, -0.2) is 25.1 Å². The van der Waals surface area contributed by atoms with Crippen LogP contribution < -0.4 is 15.5 Å². The largest absolute Gasteiger partial charge is 0.494 e. The Hall–Kier alpha value is -2.57. The number of carbonyl (C=O) groups is 2. The minimum Gasteiger partial charge on any atom is -0.494 e. The van der Waals surface area contributed by atoms with Crippen LogP contribution in [0, 0.1) is 13.8 Å². The maximum absolute atomic E-state index is 12.0. The number of amides is 2. The van der Waals surface area contributed by atoms with Crippen LogP contribution in [0.5, 0.6) is 5.75 Å². The van der Waals surface area contributed by atoms with Crippen LogP contribution >= 0.6 is 23.2 Å². The summed E-state index contributed by atoms with van der Waals surface area (Å²) in [7, 11) is 1.45. The summed E-state index contributed by atoms with van der Waals surface area (Å²) in [5, 5.41) is 6.90. The number of hydrazone groups is 1. The predicted octanol–water partition coefficient (Wildman–Crippen LogP) is 3.71. The third-order valence-corrected chi connectivity index (χ3v) is 4.23. The van der Waals surface area contributed by atoms with Crippen LogP contribution in [0.3, 0.4) is 0 Å². The van der Waals surface area contributed by atoms with E-state index in [0.29, 0.717) is 27.0 Å². The number of methoxy groups -OCH3 is 1. The maximum Gasteiger partial charge on any atom is 0.329 e. The van der Waals surface area contributed by atoms with Crippen molar-refractivity contribution in [3.8, 4) is 5.75 Å². The second-order valence-corrected chi connectivity index (χ2v) is 6.23. The number of nitrogens with one attached hydrogen (secondary N) is 2. The Bertz CT molecular complexity index is 859. The summed E-state index contributed by atoms with van der Waals surface area (Å²) in [5.41, 5.74) is 5.16. The third kappa shape index (κ3) is 4.74. The number of carbonyl (C=O) groups excluding carboxylic acids is 2. The van der Waals surface area contributed by atoms with Gasteiger partial charge in [-0.05, 0) is 48.7 Å². The van der Waals surface area contributed by atoms with Crippen LogP contribution in [0.15, 0.2) is 35.4 Å². The second-order valence-electron chi connectivity index (χ2n) is 5.42. The van der Waals surface area contributed by atoms with E-state index in [-0.39, 0.29) is 0 Å². The predicted molar refractivity (Wildman–Crippen MR) is 103 cm³/mol. The number of nitrogens with zero attached hydrogens (tertiary/aromatic N) is 1. The van der Waals surface area contributed by atoms with Gasteiger partial charge in [0.2, 0.25) is 0 Å². The van der Waals surface area contributed by atoms with Crippen LogP contribution in [0.4, 0.5) is 5.69 Å². The molecule has 0 saturated heterocycles. The normalized spacial score (nSPS) is 10.7. The van der Waals surface area contributed by atoms with E-state index in [1.165, 1.54) is 13.3 Å². The Labute approximate surface area is 161 Å². The summed E-state index contributed by atoms with van der Waals surface area (Å²) in [4.78, 5) is 23.8. The molecule has 0 unspecified atom stereocenters. The molecule has 26 heavy (non-hydrogen) atoms. The molecule has 2 aromatic carbocycles. The van der Waals surface area contributed by atoms with Crippen molar-refractivity contribution in [1.29, 1.82) is 0 Å². The number of rotatable bonds is 4. The highest BCUT2D eigenvalue weighted by atomic mass is 35.5. The number of ether oxygens (including phenoxy) is 1. The molecule has 136 valence electrons. The van der Waals surface area contributed by atoms with Crippen molar-refractivity contribution in [2.75, 3.05) is 12.4 Å². The molecular formula is C18H17Cl2N3O3. The summed E-state index contributed by atoms with van der Waals surface area (Å²) in [6.07, 6.45) is 1.32. The molecule has 2 rings (SSSR count). The fourth-order valence-electron chi connectivity index (χ4n) is 2.13. The Morgan fingerprint density at radius 1 is 1.12 bits per heavy atom. The van der Waals surface area contributed by atoms with Crippen molar-refractivity contribution < 1.29 is 14.3 Å². The molecule has 0 saturated carbocycles. The van der Waals surface area contributed by atoms with E-state index < -0.39 is 11.8 Å². The molecule has 2 aromatic rings. The summed E-state index contributed by atoms with van der Waals surface area (Å²) >= 11 is 12.0. The second kappa shape index (κ2) is 8.69. The number of anilines is 1. The first-order valence-electron chi connectivity index (χ1n) is 7.57. The minimum atomic E-state index is -0.895.